The van der Waals surface area contributed by atoms with E-state index >= 15 is 0 Å². The van der Waals surface area contributed by atoms with Gasteiger partial charge in [-0.05, 0) is 85.9 Å². The van der Waals surface area contributed by atoms with Crippen LogP contribution in [0.15, 0.2) is 0 Å². The summed E-state index contributed by atoms with van der Waals surface area (Å²) in [6.45, 7) is 13.7. The van der Waals surface area contributed by atoms with Crippen LogP contribution in [-0.4, -0.2) is 57.8 Å². The molecule has 0 heterocycles. The molecule has 4 rings (SSSR count). The molecule has 34 heavy (non-hydrogen) atoms. The fourth-order valence-corrected chi connectivity index (χ4v) is 9.46. The standard InChI is InChI=1S/C28H53N3O3/c1-18(2)21-5-6-22-26-23(17-25(28(21,22)4)34-14-11-31)27(3)8-7-20(32-12-9-29)15-19(27)16-24(26)33-13-10-30/h18-26H,5-17,29-31H2,1-4H3/t19-,20-,21-,22+,23+,24-,25+,26+,27+,28-/m1/s1. The predicted molar refractivity (Wildman–Crippen MR) is 137 cm³/mol. The number of nitrogens with two attached hydrogens (primary N) is 3. The molecule has 6 N–H and O–H groups in total. The lowest BCUT2D eigenvalue weighted by atomic mass is 9.43. The van der Waals surface area contributed by atoms with Crippen LogP contribution in [0, 0.1) is 46.3 Å². The van der Waals surface area contributed by atoms with Gasteiger partial charge in [0.05, 0.1) is 38.1 Å². The van der Waals surface area contributed by atoms with Crippen LogP contribution >= 0.6 is 0 Å². The molecule has 0 aromatic rings. The molecule has 0 aromatic heterocycles. The molecule has 0 amide bonds. The van der Waals surface area contributed by atoms with Crippen molar-refractivity contribution >= 4 is 0 Å². The zero-order valence-electron chi connectivity index (χ0n) is 22.3. The summed E-state index contributed by atoms with van der Waals surface area (Å²) in [5.74, 6) is 3.85. The van der Waals surface area contributed by atoms with E-state index in [1.54, 1.807) is 0 Å². The second-order valence-corrected chi connectivity index (χ2v) is 12.7. The van der Waals surface area contributed by atoms with Gasteiger partial charge in [-0.25, -0.2) is 0 Å². The van der Waals surface area contributed by atoms with Crippen molar-refractivity contribution in [2.75, 3.05) is 39.5 Å². The predicted octanol–water partition coefficient (Wildman–Crippen LogP) is 3.55. The maximum Gasteiger partial charge on any atom is 0.0637 e. The first-order chi connectivity index (χ1) is 16.3. The molecule has 6 heteroatoms. The molecule has 4 aliphatic rings. The Morgan fingerprint density at radius 3 is 2.15 bits per heavy atom. The van der Waals surface area contributed by atoms with Crippen molar-refractivity contribution in [2.24, 2.45) is 63.5 Å². The summed E-state index contributed by atoms with van der Waals surface area (Å²) >= 11 is 0. The van der Waals surface area contributed by atoms with Crippen LogP contribution in [0.5, 0.6) is 0 Å². The van der Waals surface area contributed by atoms with Gasteiger partial charge in [-0.15, -0.1) is 0 Å². The third-order valence-corrected chi connectivity index (χ3v) is 10.9. The lowest BCUT2D eigenvalue weighted by Crippen LogP contribution is -2.63. The maximum atomic E-state index is 6.67. The van der Waals surface area contributed by atoms with E-state index in [1.807, 2.05) is 0 Å². The molecule has 0 spiro atoms. The van der Waals surface area contributed by atoms with Crippen molar-refractivity contribution < 1.29 is 14.2 Å². The minimum atomic E-state index is 0.194. The molecule has 0 radical (unpaired) electrons. The molecule has 198 valence electrons. The molecule has 0 saturated heterocycles. The summed E-state index contributed by atoms with van der Waals surface area (Å²) in [5.41, 5.74) is 18.1. The first kappa shape index (κ1) is 26.8. The first-order valence-electron chi connectivity index (χ1n) is 14.3. The van der Waals surface area contributed by atoms with Gasteiger partial charge < -0.3 is 31.4 Å². The fourth-order valence-electron chi connectivity index (χ4n) is 9.46. The van der Waals surface area contributed by atoms with Crippen LogP contribution in [-0.2, 0) is 14.2 Å². The zero-order valence-corrected chi connectivity index (χ0v) is 22.3. The highest BCUT2D eigenvalue weighted by Crippen LogP contribution is 2.69. The Bertz CT molecular complexity index is 663. The minimum absolute atomic E-state index is 0.194. The molecule has 0 bridgehead atoms. The lowest BCUT2D eigenvalue weighted by Gasteiger charge is -2.64. The second-order valence-electron chi connectivity index (χ2n) is 12.7. The van der Waals surface area contributed by atoms with Crippen molar-refractivity contribution in [2.45, 2.75) is 91.0 Å². The largest absolute Gasteiger partial charge is 0.377 e. The number of fused-ring (bicyclic) bond motifs is 5. The maximum absolute atomic E-state index is 6.67. The molecule has 0 aliphatic heterocycles. The van der Waals surface area contributed by atoms with Crippen molar-refractivity contribution in [1.29, 1.82) is 0 Å². The van der Waals surface area contributed by atoms with Crippen molar-refractivity contribution in [1.82, 2.24) is 0 Å². The van der Waals surface area contributed by atoms with E-state index in [4.69, 9.17) is 31.4 Å². The summed E-state index contributed by atoms with van der Waals surface area (Å²) in [7, 11) is 0. The Kier molecular flexibility index (Phi) is 8.69. The molecular weight excluding hydrogens is 426 g/mol. The lowest BCUT2D eigenvalue weighted by molar-refractivity contribution is -0.226. The van der Waals surface area contributed by atoms with Crippen molar-refractivity contribution in [3.05, 3.63) is 0 Å². The van der Waals surface area contributed by atoms with Crippen molar-refractivity contribution in [3.63, 3.8) is 0 Å². The van der Waals surface area contributed by atoms with Crippen LogP contribution in [0.25, 0.3) is 0 Å². The topological polar surface area (TPSA) is 106 Å². The Morgan fingerprint density at radius 1 is 0.794 bits per heavy atom. The molecule has 4 fully saturated rings. The Hall–Kier alpha value is -0.240. The first-order valence-corrected chi connectivity index (χ1v) is 14.3. The van der Waals surface area contributed by atoms with Crippen LogP contribution in [0.3, 0.4) is 0 Å². The Balaban J connectivity index is 1.67. The van der Waals surface area contributed by atoms with Gasteiger partial charge >= 0.3 is 0 Å². The molecule has 4 aliphatic carbocycles. The SMILES string of the molecule is CC(C)[C@H]1CC[C@H]2[C@@H]3[C@H](OCCN)C[C@H]4C[C@H](OCCN)CC[C@]4(C)[C@H]3C[C@H](OCCN)[C@]12C. The summed E-state index contributed by atoms with van der Waals surface area (Å²) < 4.78 is 19.5. The van der Waals surface area contributed by atoms with E-state index < -0.39 is 0 Å². The van der Waals surface area contributed by atoms with Gasteiger partial charge in [-0.2, -0.15) is 0 Å². The average Bonchev–Trinajstić information content (AvgIpc) is 3.18. The van der Waals surface area contributed by atoms with Crippen LogP contribution in [0.2, 0.25) is 0 Å². The van der Waals surface area contributed by atoms with E-state index in [1.165, 1.54) is 19.3 Å². The van der Waals surface area contributed by atoms with E-state index in [0.29, 0.717) is 92.6 Å². The number of rotatable bonds is 10. The number of hydrogen-bond donors (Lipinski definition) is 3. The van der Waals surface area contributed by atoms with Gasteiger partial charge in [-0.3, -0.25) is 0 Å². The number of hydrogen-bond acceptors (Lipinski definition) is 6. The van der Waals surface area contributed by atoms with Gasteiger partial charge in [0.15, 0.2) is 0 Å². The molecule has 0 aromatic carbocycles. The van der Waals surface area contributed by atoms with Gasteiger partial charge in [0.2, 0.25) is 0 Å². The summed E-state index contributed by atoms with van der Waals surface area (Å²) in [5, 5.41) is 0. The Labute approximate surface area is 208 Å². The highest BCUT2D eigenvalue weighted by Gasteiger charge is 2.66. The van der Waals surface area contributed by atoms with Crippen LogP contribution < -0.4 is 17.2 Å². The van der Waals surface area contributed by atoms with Gasteiger partial charge in [0, 0.05) is 25.0 Å². The Morgan fingerprint density at radius 2 is 1.47 bits per heavy atom. The molecule has 6 nitrogen and oxygen atoms in total. The quantitative estimate of drug-likeness (QED) is 0.442. The summed E-state index contributed by atoms with van der Waals surface area (Å²) in [6, 6.07) is 0. The smallest absolute Gasteiger partial charge is 0.0637 e. The molecule has 10 atom stereocenters. The van der Waals surface area contributed by atoms with Gasteiger partial charge in [0.25, 0.3) is 0 Å². The normalized spacial score (nSPS) is 46.2. The molecular formula is C28H53N3O3. The third-order valence-electron chi connectivity index (χ3n) is 10.9. The van der Waals surface area contributed by atoms with E-state index in [9.17, 15) is 0 Å². The highest BCUT2D eigenvalue weighted by atomic mass is 16.5. The average molecular weight is 480 g/mol. The summed E-state index contributed by atoms with van der Waals surface area (Å²) in [4.78, 5) is 0. The third kappa shape index (κ3) is 4.61. The minimum Gasteiger partial charge on any atom is -0.377 e. The van der Waals surface area contributed by atoms with Crippen molar-refractivity contribution in [3.8, 4) is 0 Å². The molecule has 0 unspecified atom stereocenters. The fraction of sp³-hybridized carbons (Fsp3) is 1.00. The highest BCUT2D eigenvalue weighted by molar-refractivity contribution is 5.15. The van der Waals surface area contributed by atoms with Crippen LogP contribution in [0.4, 0.5) is 0 Å². The number of ether oxygens (including phenoxy) is 3. The zero-order chi connectivity index (χ0) is 24.5. The van der Waals surface area contributed by atoms with E-state index in [-0.39, 0.29) is 11.5 Å². The van der Waals surface area contributed by atoms with E-state index in [0.717, 1.165) is 25.7 Å². The molecule has 4 saturated carbocycles. The monoisotopic (exact) mass is 479 g/mol. The summed E-state index contributed by atoms with van der Waals surface area (Å²) in [6.07, 6.45) is 9.33. The van der Waals surface area contributed by atoms with Gasteiger partial charge in [-0.1, -0.05) is 27.7 Å². The van der Waals surface area contributed by atoms with E-state index in [2.05, 4.69) is 27.7 Å². The second kappa shape index (κ2) is 11.0. The van der Waals surface area contributed by atoms with Gasteiger partial charge in [0.1, 0.15) is 0 Å². The van der Waals surface area contributed by atoms with Crippen LogP contribution in [0.1, 0.15) is 72.6 Å².